The van der Waals surface area contributed by atoms with E-state index in [9.17, 15) is 14.4 Å². The fourth-order valence-electron chi connectivity index (χ4n) is 2.10. The highest BCUT2D eigenvalue weighted by Crippen LogP contribution is 2.06. The maximum atomic E-state index is 12.0. The second-order valence-electron chi connectivity index (χ2n) is 5.34. The van der Waals surface area contributed by atoms with Crippen LogP contribution in [0.3, 0.4) is 0 Å². The molecule has 1 aliphatic heterocycles. The number of carbonyl (C=O) groups is 3. The third-order valence-corrected chi connectivity index (χ3v) is 3.34. The third kappa shape index (κ3) is 4.80. The van der Waals surface area contributed by atoms with Crippen LogP contribution in [0.5, 0.6) is 0 Å². The summed E-state index contributed by atoms with van der Waals surface area (Å²) in [6, 6.07) is -0.876. The highest BCUT2D eigenvalue weighted by atomic mass is 16.2. The van der Waals surface area contributed by atoms with Crippen LogP contribution in [0, 0.1) is 0 Å². The van der Waals surface area contributed by atoms with Gasteiger partial charge in [-0.25, -0.2) is 4.79 Å². The molecular weight excluding hydrogens is 260 g/mol. The average Bonchev–Trinajstić information content (AvgIpc) is 2.36. The maximum Gasteiger partial charge on any atom is 0.321 e. The van der Waals surface area contributed by atoms with E-state index in [-0.39, 0.29) is 23.9 Å². The van der Waals surface area contributed by atoms with Crippen LogP contribution in [0.1, 0.15) is 27.7 Å². The van der Waals surface area contributed by atoms with Crippen molar-refractivity contribution in [3.05, 3.63) is 0 Å². The van der Waals surface area contributed by atoms with Crippen molar-refractivity contribution in [1.29, 1.82) is 0 Å². The van der Waals surface area contributed by atoms with Crippen LogP contribution in [0.2, 0.25) is 0 Å². The first kappa shape index (κ1) is 16.4. The number of piperazine rings is 1. The van der Waals surface area contributed by atoms with Crippen molar-refractivity contribution in [1.82, 2.24) is 20.4 Å². The molecule has 0 aromatic heterocycles. The van der Waals surface area contributed by atoms with Crippen LogP contribution < -0.4 is 10.6 Å². The minimum Gasteiger partial charge on any atom is -0.340 e. The Hall–Kier alpha value is -1.63. The van der Waals surface area contributed by atoms with Gasteiger partial charge in [-0.2, -0.15) is 0 Å². The first-order valence-electron chi connectivity index (χ1n) is 6.92. The van der Waals surface area contributed by atoms with Crippen molar-refractivity contribution < 1.29 is 14.4 Å². The van der Waals surface area contributed by atoms with Crippen molar-refractivity contribution in [2.24, 2.45) is 0 Å². The van der Waals surface area contributed by atoms with E-state index >= 15 is 0 Å². The van der Waals surface area contributed by atoms with Crippen molar-refractivity contribution in [3.8, 4) is 0 Å². The van der Waals surface area contributed by atoms with Crippen LogP contribution in [-0.2, 0) is 9.59 Å². The van der Waals surface area contributed by atoms with Gasteiger partial charge in [0.25, 0.3) is 0 Å². The largest absolute Gasteiger partial charge is 0.340 e. The Morgan fingerprint density at radius 2 is 1.55 bits per heavy atom. The highest BCUT2D eigenvalue weighted by molar-refractivity contribution is 5.96. The number of nitrogens with one attached hydrogen (secondary N) is 2. The lowest BCUT2D eigenvalue weighted by Gasteiger charge is -2.36. The third-order valence-electron chi connectivity index (χ3n) is 3.34. The molecular formula is C13H24N4O3. The molecule has 1 unspecified atom stereocenters. The van der Waals surface area contributed by atoms with Gasteiger partial charge >= 0.3 is 6.03 Å². The summed E-state index contributed by atoms with van der Waals surface area (Å²) < 4.78 is 0. The molecule has 1 fully saturated rings. The Labute approximate surface area is 119 Å². The maximum absolute atomic E-state index is 12.0. The molecule has 7 heteroatoms. The molecule has 0 saturated carbocycles. The lowest BCUT2D eigenvalue weighted by atomic mass is 10.2. The zero-order valence-electron chi connectivity index (χ0n) is 12.6. The molecule has 0 aromatic rings. The van der Waals surface area contributed by atoms with Gasteiger partial charge in [0, 0.05) is 39.1 Å². The molecule has 1 atom stereocenters. The molecule has 0 bridgehead atoms. The van der Waals surface area contributed by atoms with E-state index in [0.717, 1.165) is 0 Å². The summed E-state index contributed by atoms with van der Waals surface area (Å²) in [6.07, 6.45) is 0. The van der Waals surface area contributed by atoms with Crippen LogP contribution in [0.15, 0.2) is 0 Å². The van der Waals surface area contributed by atoms with Crippen LogP contribution in [0.25, 0.3) is 0 Å². The summed E-state index contributed by atoms with van der Waals surface area (Å²) in [7, 11) is 0. The van der Waals surface area contributed by atoms with Crippen molar-refractivity contribution in [2.75, 3.05) is 26.2 Å². The van der Waals surface area contributed by atoms with Crippen LogP contribution in [0.4, 0.5) is 4.79 Å². The van der Waals surface area contributed by atoms with Crippen LogP contribution >= 0.6 is 0 Å². The molecule has 1 heterocycles. The summed E-state index contributed by atoms with van der Waals surface area (Å²) >= 11 is 0. The zero-order valence-corrected chi connectivity index (χ0v) is 12.6. The number of hydrogen-bond donors (Lipinski definition) is 2. The first-order chi connectivity index (χ1) is 9.31. The van der Waals surface area contributed by atoms with E-state index in [0.29, 0.717) is 26.2 Å². The summed E-state index contributed by atoms with van der Waals surface area (Å²) in [4.78, 5) is 38.4. The van der Waals surface area contributed by atoms with Gasteiger partial charge in [-0.15, -0.1) is 0 Å². The van der Waals surface area contributed by atoms with Crippen molar-refractivity contribution in [3.63, 3.8) is 0 Å². The molecule has 114 valence electrons. The Balaban J connectivity index is 2.42. The molecule has 0 aliphatic carbocycles. The molecule has 0 radical (unpaired) electrons. The number of rotatable bonds is 3. The molecule has 4 amide bonds. The minimum absolute atomic E-state index is 0.0165. The SMILES string of the molecule is CC(=O)N1CCN(C(C)C(=O)NC(=O)NC(C)C)CC1. The molecule has 1 rings (SSSR count). The first-order valence-corrected chi connectivity index (χ1v) is 6.92. The summed E-state index contributed by atoms with van der Waals surface area (Å²) in [5.74, 6) is -0.266. The standard InChI is InChI=1S/C13H24N4O3/c1-9(2)14-13(20)15-12(19)10(3)16-5-7-17(8-6-16)11(4)18/h9-10H,5-8H2,1-4H3,(H2,14,15,19,20). The second kappa shape index (κ2) is 7.23. The van der Waals surface area contributed by atoms with E-state index in [1.807, 2.05) is 18.7 Å². The fourth-order valence-corrected chi connectivity index (χ4v) is 2.10. The van der Waals surface area contributed by atoms with Gasteiger partial charge in [-0.1, -0.05) is 0 Å². The molecule has 2 N–H and O–H groups in total. The number of hydrogen-bond acceptors (Lipinski definition) is 4. The summed E-state index contributed by atoms with van der Waals surface area (Å²) in [5, 5.41) is 4.94. The number of carbonyl (C=O) groups excluding carboxylic acids is 3. The fraction of sp³-hybridized carbons (Fsp3) is 0.769. The molecule has 20 heavy (non-hydrogen) atoms. The quantitative estimate of drug-likeness (QED) is 0.750. The number of nitrogens with zero attached hydrogens (tertiary/aromatic N) is 2. The molecule has 0 spiro atoms. The number of amides is 4. The summed E-state index contributed by atoms with van der Waals surface area (Å²) in [5.41, 5.74) is 0. The highest BCUT2D eigenvalue weighted by Gasteiger charge is 2.27. The van der Waals surface area contributed by atoms with Gasteiger partial charge in [-0.05, 0) is 20.8 Å². The van der Waals surface area contributed by atoms with Gasteiger partial charge in [-0.3, -0.25) is 19.8 Å². The minimum atomic E-state index is -0.473. The van der Waals surface area contributed by atoms with Gasteiger partial charge < -0.3 is 10.2 Å². The Bertz CT molecular complexity index is 376. The van der Waals surface area contributed by atoms with Gasteiger partial charge in [0.2, 0.25) is 11.8 Å². The van der Waals surface area contributed by atoms with E-state index in [1.165, 1.54) is 0 Å². The van der Waals surface area contributed by atoms with E-state index in [4.69, 9.17) is 0 Å². The zero-order chi connectivity index (χ0) is 15.3. The topological polar surface area (TPSA) is 81.8 Å². The summed E-state index contributed by atoms with van der Waals surface area (Å²) in [6.45, 7) is 9.47. The Morgan fingerprint density at radius 3 is 2.00 bits per heavy atom. The monoisotopic (exact) mass is 284 g/mol. The molecule has 1 aliphatic rings. The van der Waals surface area contributed by atoms with Gasteiger partial charge in [0.1, 0.15) is 0 Å². The van der Waals surface area contributed by atoms with E-state index in [2.05, 4.69) is 10.6 Å². The smallest absolute Gasteiger partial charge is 0.321 e. The van der Waals surface area contributed by atoms with Crippen molar-refractivity contribution in [2.45, 2.75) is 39.8 Å². The molecule has 7 nitrogen and oxygen atoms in total. The predicted molar refractivity (Wildman–Crippen MR) is 75.1 cm³/mol. The van der Waals surface area contributed by atoms with Crippen LogP contribution in [-0.4, -0.2) is 65.9 Å². The number of urea groups is 1. The van der Waals surface area contributed by atoms with E-state index in [1.54, 1.807) is 18.7 Å². The predicted octanol–water partition coefficient (Wildman–Crippen LogP) is -0.227. The van der Waals surface area contributed by atoms with Gasteiger partial charge in [0.05, 0.1) is 6.04 Å². The average molecular weight is 284 g/mol. The second-order valence-corrected chi connectivity index (χ2v) is 5.34. The molecule has 1 saturated heterocycles. The lowest BCUT2D eigenvalue weighted by molar-refractivity contribution is -0.132. The lowest BCUT2D eigenvalue weighted by Crippen LogP contribution is -2.56. The molecule has 0 aromatic carbocycles. The van der Waals surface area contributed by atoms with Crippen molar-refractivity contribution >= 4 is 17.8 Å². The number of imide groups is 1. The Kier molecular flexibility index (Phi) is 5.94. The van der Waals surface area contributed by atoms with Gasteiger partial charge in [0.15, 0.2) is 0 Å². The Morgan fingerprint density at radius 1 is 1.00 bits per heavy atom. The normalized spacial score (nSPS) is 17.8. The van der Waals surface area contributed by atoms with E-state index < -0.39 is 6.03 Å².